The van der Waals surface area contributed by atoms with Crippen LogP contribution in [0.3, 0.4) is 0 Å². The predicted octanol–water partition coefficient (Wildman–Crippen LogP) is 1.22. The van der Waals surface area contributed by atoms with Crippen molar-refractivity contribution in [3.8, 4) is 0 Å². The molecule has 0 spiro atoms. The molecule has 0 fully saturated rings. The minimum Gasteiger partial charge on any atom is -0.456 e. The van der Waals surface area contributed by atoms with Gasteiger partial charge in [0.1, 0.15) is 0 Å². The van der Waals surface area contributed by atoms with Gasteiger partial charge in [0, 0.05) is 25.7 Å². The third-order valence-corrected chi connectivity index (χ3v) is 2.85. The first-order chi connectivity index (χ1) is 9.02. The maximum atomic E-state index is 11.5. The highest BCUT2D eigenvalue weighted by Crippen LogP contribution is 2.08. The summed E-state index contributed by atoms with van der Waals surface area (Å²) >= 11 is 0. The zero-order valence-electron chi connectivity index (χ0n) is 11.4. The minimum atomic E-state index is -0.366. The molecule has 1 amide bonds. The van der Waals surface area contributed by atoms with E-state index in [-0.39, 0.29) is 24.9 Å². The van der Waals surface area contributed by atoms with Gasteiger partial charge in [-0.2, -0.15) is 0 Å². The van der Waals surface area contributed by atoms with Crippen LogP contribution in [-0.4, -0.2) is 37.0 Å². The van der Waals surface area contributed by atoms with Gasteiger partial charge in [0.25, 0.3) is 5.91 Å². The van der Waals surface area contributed by atoms with Crippen LogP contribution in [0, 0.1) is 0 Å². The number of aryl methyl sites for hydroxylation is 1. The molecular weight excluding hydrogens is 244 g/mol. The van der Waals surface area contributed by atoms with Crippen molar-refractivity contribution >= 4 is 17.6 Å². The number of nitrogens with zero attached hydrogens (tertiary/aromatic N) is 1. The second-order valence-corrected chi connectivity index (χ2v) is 4.31. The van der Waals surface area contributed by atoms with Crippen LogP contribution in [-0.2, 0) is 20.7 Å². The van der Waals surface area contributed by atoms with Crippen molar-refractivity contribution in [1.29, 1.82) is 0 Å². The highest BCUT2D eigenvalue weighted by Gasteiger charge is 2.10. The second kappa shape index (κ2) is 7.41. The van der Waals surface area contributed by atoms with Gasteiger partial charge in [0.05, 0.1) is 0 Å². The number of amides is 1. The van der Waals surface area contributed by atoms with Crippen LogP contribution in [0.5, 0.6) is 0 Å². The van der Waals surface area contributed by atoms with Crippen molar-refractivity contribution in [3.63, 3.8) is 0 Å². The van der Waals surface area contributed by atoms with Crippen LogP contribution < -0.4 is 5.73 Å². The topological polar surface area (TPSA) is 72.6 Å². The number of likely N-dealkylation sites (N-methyl/N-ethyl adjacent to an activating group) is 1. The van der Waals surface area contributed by atoms with Crippen molar-refractivity contribution in [3.05, 3.63) is 29.8 Å². The molecule has 0 saturated carbocycles. The largest absolute Gasteiger partial charge is 0.456 e. The van der Waals surface area contributed by atoms with Crippen molar-refractivity contribution in [2.24, 2.45) is 0 Å². The summed E-state index contributed by atoms with van der Waals surface area (Å²) in [4.78, 5) is 24.4. The molecule has 5 heteroatoms. The zero-order valence-corrected chi connectivity index (χ0v) is 11.4. The number of rotatable bonds is 6. The molecule has 5 nitrogen and oxygen atoms in total. The minimum absolute atomic E-state index is 0.190. The maximum Gasteiger partial charge on any atom is 0.306 e. The van der Waals surface area contributed by atoms with E-state index in [9.17, 15) is 9.59 Å². The Labute approximate surface area is 113 Å². The van der Waals surface area contributed by atoms with Gasteiger partial charge in [-0.3, -0.25) is 9.59 Å². The molecule has 1 aromatic rings. The van der Waals surface area contributed by atoms with Crippen LogP contribution in [0.2, 0.25) is 0 Å². The Morgan fingerprint density at radius 2 is 1.89 bits per heavy atom. The van der Waals surface area contributed by atoms with Gasteiger partial charge < -0.3 is 15.4 Å². The molecule has 2 N–H and O–H groups in total. The van der Waals surface area contributed by atoms with E-state index >= 15 is 0 Å². The lowest BCUT2D eigenvalue weighted by Crippen LogP contribution is -2.30. The van der Waals surface area contributed by atoms with Crippen LogP contribution in [0.15, 0.2) is 24.3 Å². The molecular formula is C14H20N2O3. The first-order valence-corrected chi connectivity index (χ1v) is 6.27. The van der Waals surface area contributed by atoms with E-state index in [1.165, 1.54) is 4.90 Å². The fraction of sp³-hybridized carbons (Fsp3) is 0.429. The molecule has 0 aliphatic carbocycles. The average molecular weight is 264 g/mol. The maximum absolute atomic E-state index is 11.5. The third kappa shape index (κ3) is 5.42. The lowest BCUT2D eigenvalue weighted by Gasteiger charge is -2.14. The standard InChI is InChI=1S/C14H20N2O3/c1-3-16(2)13(17)10-19-14(18)9-6-11-4-7-12(15)8-5-11/h4-5,7-8H,3,6,9-10,15H2,1-2H3. The summed E-state index contributed by atoms with van der Waals surface area (Å²) in [6, 6.07) is 7.33. The first-order valence-electron chi connectivity index (χ1n) is 6.27. The van der Waals surface area contributed by atoms with Gasteiger partial charge in [0.2, 0.25) is 0 Å². The molecule has 0 radical (unpaired) electrons. The molecule has 0 unspecified atom stereocenters. The van der Waals surface area contributed by atoms with Gasteiger partial charge in [-0.05, 0) is 31.0 Å². The number of anilines is 1. The van der Waals surface area contributed by atoms with E-state index in [2.05, 4.69) is 0 Å². The molecule has 0 aliphatic heterocycles. The van der Waals surface area contributed by atoms with Gasteiger partial charge in [-0.25, -0.2) is 0 Å². The molecule has 0 atom stereocenters. The lowest BCUT2D eigenvalue weighted by atomic mass is 10.1. The summed E-state index contributed by atoms with van der Waals surface area (Å²) in [5.74, 6) is -0.557. The van der Waals surface area contributed by atoms with E-state index in [1.54, 1.807) is 19.2 Å². The normalized spacial score (nSPS) is 10.0. The van der Waals surface area contributed by atoms with Crippen LogP contribution in [0.25, 0.3) is 0 Å². The van der Waals surface area contributed by atoms with E-state index in [0.29, 0.717) is 18.7 Å². The van der Waals surface area contributed by atoms with E-state index in [4.69, 9.17) is 10.5 Å². The zero-order chi connectivity index (χ0) is 14.3. The van der Waals surface area contributed by atoms with E-state index in [0.717, 1.165) is 5.56 Å². The van der Waals surface area contributed by atoms with Crippen molar-refractivity contribution in [2.75, 3.05) is 25.9 Å². The number of ether oxygens (including phenoxy) is 1. The lowest BCUT2D eigenvalue weighted by molar-refractivity contribution is -0.151. The number of nitrogen functional groups attached to an aromatic ring is 1. The van der Waals surface area contributed by atoms with Crippen molar-refractivity contribution < 1.29 is 14.3 Å². The Bertz CT molecular complexity index is 429. The van der Waals surface area contributed by atoms with Crippen molar-refractivity contribution in [2.45, 2.75) is 19.8 Å². The number of carbonyl (C=O) groups excluding carboxylic acids is 2. The van der Waals surface area contributed by atoms with Gasteiger partial charge in [0.15, 0.2) is 6.61 Å². The predicted molar refractivity (Wildman–Crippen MR) is 73.4 cm³/mol. The third-order valence-electron chi connectivity index (χ3n) is 2.85. The molecule has 0 saturated heterocycles. The fourth-order valence-corrected chi connectivity index (χ4v) is 1.43. The second-order valence-electron chi connectivity index (χ2n) is 4.31. The smallest absolute Gasteiger partial charge is 0.306 e. The molecule has 1 rings (SSSR count). The molecule has 1 aromatic carbocycles. The summed E-state index contributed by atoms with van der Waals surface area (Å²) in [7, 11) is 1.67. The molecule has 0 heterocycles. The highest BCUT2D eigenvalue weighted by atomic mass is 16.5. The van der Waals surface area contributed by atoms with Gasteiger partial charge >= 0.3 is 5.97 Å². The van der Waals surface area contributed by atoms with Gasteiger partial charge in [-0.1, -0.05) is 12.1 Å². The Balaban J connectivity index is 2.28. The quantitative estimate of drug-likeness (QED) is 0.619. The fourth-order valence-electron chi connectivity index (χ4n) is 1.43. The molecule has 0 aliphatic rings. The number of carbonyl (C=O) groups is 2. The SMILES string of the molecule is CCN(C)C(=O)COC(=O)CCc1ccc(N)cc1. The highest BCUT2D eigenvalue weighted by molar-refractivity contribution is 5.80. The molecule has 0 bridgehead atoms. The Morgan fingerprint density at radius 1 is 1.26 bits per heavy atom. The van der Waals surface area contributed by atoms with Crippen LogP contribution in [0.4, 0.5) is 5.69 Å². The molecule has 104 valence electrons. The number of nitrogens with two attached hydrogens (primary N) is 1. The Morgan fingerprint density at radius 3 is 2.47 bits per heavy atom. The summed E-state index contributed by atoms with van der Waals surface area (Å²) < 4.78 is 4.92. The average Bonchev–Trinajstić information content (AvgIpc) is 2.43. The van der Waals surface area contributed by atoms with Crippen LogP contribution in [0.1, 0.15) is 18.9 Å². The van der Waals surface area contributed by atoms with Crippen LogP contribution >= 0.6 is 0 Å². The number of hydrogen-bond acceptors (Lipinski definition) is 4. The number of benzene rings is 1. The van der Waals surface area contributed by atoms with Crippen molar-refractivity contribution in [1.82, 2.24) is 4.90 Å². The summed E-state index contributed by atoms with van der Waals surface area (Å²) in [5.41, 5.74) is 7.28. The Kier molecular flexibility index (Phi) is 5.85. The number of hydrogen-bond donors (Lipinski definition) is 1. The molecule has 19 heavy (non-hydrogen) atoms. The summed E-state index contributed by atoms with van der Waals surface area (Å²) in [6.07, 6.45) is 0.837. The summed E-state index contributed by atoms with van der Waals surface area (Å²) in [5, 5.41) is 0. The van der Waals surface area contributed by atoms with E-state index < -0.39 is 0 Å². The van der Waals surface area contributed by atoms with E-state index in [1.807, 2.05) is 19.1 Å². The first kappa shape index (κ1) is 15.0. The monoisotopic (exact) mass is 264 g/mol. The number of esters is 1. The molecule has 0 aromatic heterocycles. The Hall–Kier alpha value is -2.04. The summed E-state index contributed by atoms with van der Waals surface area (Å²) in [6.45, 7) is 2.27. The van der Waals surface area contributed by atoms with Gasteiger partial charge in [-0.15, -0.1) is 0 Å².